The molecule has 1 atom stereocenters. The minimum atomic E-state index is -0.732. The van der Waals surface area contributed by atoms with Crippen molar-refractivity contribution in [3.8, 4) is 11.5 Å². The number of carbonyl (C=O) groups excluding carboxylic acids is 2. The number of hydrogen-bond acceptors (Lipinski definition) is 5. The van der Waals surface area contributed by atoms with Crippen molar-refractivity contribution in [3.05, 3.63) is 64.2 Å². The van der Waals surface area contributed by atoms with E-state index in [-0.39, 0.29) is 21.9 Å². The molecule has 0 radical (unpaired) electrons. The van der Waals surface area contributed by atoms with E-state index in [1.807, 2.05) is 31.2 Å². The first kappa shape index (κ1) is 24.6. The van der Waals surface area contributed by atoms with Crippen molar-refractivity contribution in [2.75, 3.05) is 20.3 Å². The fourth-order valence-electron chi connectivity index (χ4n) is 3.94. The zero-order valence-electron chi connectivity index (χ0n) is 19.3. The number of methoxy groups -OCH3 is 1. The Morgan fingerprint density at radius 2 is 1.73 bits per heavy atom. The van der Waals surface area contributed by atoms with Crippen molar-refractivity contribution in [1.29, 1.82) is 0 Å². The van der Waals surface area contributed by atoms with Gasteiger partial charge in [-0.3, -0.25) is 9.59 Å². The molecule has 3 rings (SSSR count). The normalized spacial score (nSPS) is 17.5. The van der Waals surface area contributed by atoms with Gasteiger partial charge in [-0.05, 0) is 48.7 Å². The van der Waals surface area contributed by atoms with E-state index in [9.17, 15) is 14.7 Å². The van der Waals surface area contributed by atoms with Crippen molar-refractivity contribution < 1.29 is 24.2 Å². The van der Waals surface area contributed by atoms with Gasteiger partial charge in [-0.1, -0.05) is 50.4 Å². The number of hydrogen-bond donors (Lipinski definition) is 1. The maximum absolute atomic E-state index is 13.0. The number of likely N-dealkylation sites (tertiary alicyclic amines) is 1. The molecule has 1 amide bonds. The third-order valence-corrected chi connectivity index (χ3v) is 5.98. The number of benzene rings is 2. The zero-order chi connectivity index (χ0) is 24.0. The van der Waals surface area contributed by atoms with Crippen LogP contribution in [0.1, 0.15) is 56.7 Å². The van der Waals surface area contributed by atoms with E-state index >= 15 is 0 Å². The van der Waals surface area contributed by atoms with Gasteiger partial charge in [0.2, 0.25) is 0 Å². The highest BCUT2D eigenvalue weighted by molar-refractivity contribution is 6.47. The Balaban J connectivity index is 2.03. The minimum Gasteiger partial charge on any atom is -0.507 e. The van der Waals surface area contributed by atoms with E-state index in [0.717, 1.165) is 25.0 Å². The van der Waals surface area contributed by atoms with Gasteiger partial charge in [0.1, 0.15) is 17.3 Å². The number of aliphatic hydroxyl groups is 1. The van der Waals surface area contributed by atoms with Crippen LogP contribution in [0.5, 0.6) is 11.5 Å². The summed E-state index contributed by atoms with van der Waals surface area (Å²) < 4.78 is 11.0. The van der Waals surface area contributed by atoms with Crippen LogP contribution in [0.15, 0.2) is 48.0 Å². The lowest BCUT2D eigenvalue weighted by Crippen LogP contribution is -2.30. The summed E-state index contributed by atoms with van der Waals surface area (Å²) in [6.07, 6.45) is 3.88. The highest BCUT2D eigenvalue weighted by Crippen LogP contribution is 2.41. The number of amides is 1. The topological polar surface area (TPSA) is 76.1 Å². The van der Waals surface area contributed by atoms with Crippen LogP contribution in [0.25, 0.3) is 5.76 Å². The van der Waals surface area contributed by atoms with Gasteiger partial charge in [-0.25, -0.2) is 0 Å². The first-order valence-corrected chi connectivity index (χ1v) is 11.7. The Hall–Kier alpha value is -2.99. The number of ether oxygens (including phenoxy) is 2. The maximum atomic E-state index is 13.0. The predicted molar refractivity (Wildman–Crippen MR) is 129 cm³/mol. The van der Waals surface area contributed by atoms with Crippen molar-refractivity contribution in [2.45, 2.75) is 45.6 Å². The SMILES string of the molecule is CCCCCOc1ccc(C2/C(=C(\O)c3cc(OC)ccc3Cl)C(=O)C(=O)N2CCC)cc1. The number of unbranched alkanes of at least 4 members (excludes halogenated alkanes) is 2. The third-order valence-electron chi connectivity index (χ3n) is 5.65. The third kappa shape index (κ3) is 5.33. The highest BCUT2D eigenvalue weighted by atomic mass is 35.5. The molecule has 1 N–H and O–H groups in total. The molecular weight excluding hydrogens is 442 g/mol. The van der Waals surface area contributed by atoms with Gasteiger partial charge in [0.25, 0.3) is 11.7 Å². The summed E-state index contributed by atoms with van der Waals surface area (Å²) in [5.41, 5.74) is 0.968. The standard InChI is InChI=1S/C26H30ClNO5/c1-4-6-7-15-33-18-10-8-17(9-11-18)23-22(25(30)26(31)28(23)14-5-2)24(29)20-16-19(32-3)12-13-21(20)27/h8-13,16,23,29H,4-7,14-15H2,1-3H3/b24-22+. The summed E-state index contributed by atoms with van der Waals surface area (Å²) in [4.78, 5) is 27.4. The molecule has 7 heteroatoms. The summed E-state index contributed by atoms with van der Waals surface area (Å²) in [7, 11) is 1.50. The van der Waals surface area contributed by atoms with E-state index in [2.05, 4.69) is 6.92 Å². The number of ketones is 1. The van der Waals surface area contributed by atoms with E-state index in [0.29, 0.717) is 30.9 Å². The minimum absolute atomic E-state index is 0.0141. The fourth-order valence-corrected chi connectivity index (χ4v) is 4.15. The van der Waals surface area contributed by atoms with Gasteiger partial charge >= 0.3 is 0 Å². The lowest BCUT2D eigenvalue weighted by Gasteiger charge is -2.25. The first-order valence-electron chi connectivity index (χ1n) is 11.3. The Kier molecular flexibility index (Phi) is 8.39. The summed E-state index contributed by atoms with van der Waals surface area (Å²) in [5, 5.41) is 11.4. The average molecular weight is 472 g/mol. The number of nitrogens with zero attached hydrogens (tertiary/aromatic N) is 1. The van der Waals surface area contributed by atoms with Crippen LogP contribution >= 0.6 is 11.6 Å². The fraction of sp³-hybridized carbons (Fsp3) is 0.385. The van der Waals surface area contributed by atoms with Gasteiger partial charge in [0.05, 0.1) is 30.4 Å². The Morgan fingerprint density at radius 3 is 2.36 bits per heavy atom. The molecule has 1 unspecified atom stereocenters. The molecule has 176 valence electrons. The maximum Gasteiger partial charge on any atom is 0.295 e. The molecule has 6 nitrogen and oxygen atoms in total. The van der Waals surface area contributed by atoms with Crippen LogP contribution < -0.4 is 9.47 Å². The largest absolute Gasteiger partial charge is 0.507 e. The number of carbonyl (C=O) groups is 2. The van der Waals surface area contributed by atoms with Gasteiger partial charge < -0.3 is 19.5 Å². The molecule has 33 heavy (non-hydrogen) atoms. The second-order valence-electron chi connectivity index (χ2n) is 7.96. The van der Waals surface area contributed by atoms with Crippen LogP contribution in [-0.4, -0.2) is 42.0 Å². The number of halogens is 1. The zero-order valence-corrected chi connectivity index (χ0v) is 20.0. The quantitative estimate of drug-likeness (QED) is 0.206. The van der Waals surface area contributed by atoms with Crippen LogP contribution in [0.3, 0.4) is 0 Å². The molecule has 1 aliphatic heterocycles. The van der Waals surface area contributed by atoms with Gasteiger partial charge in [0.15, 0.2) is 0 Å². The lowest BCUT2D eigenvalue weighted by molar-refractivity contribution is -0.139. The van der Waals surface area contributed by atoms with Gasteiger partial charge in [-0.15, -0.1) is 0 Å². The van der Waals surface area contributed by atoms with Crippen molar-refractivity contribution in [3.63, 3.8) is 0 Å². The average Bonchev–Trinajstić information content (AvgIpc) is 3.07. The van der Waals surface area contributed by atoms with Crippen LogP contribution in [-0.2, 0) is 9.59 Å². The van der Waals surface area contributed by atoms with Crippen molar-refractivity contribution >= 4 is 29.1 Å². The molecule has 0 aliphatic carbocycles. The molecule has 2 aromatic rings. The summed E-state index contributed by atoms with van der Waals surface area (Å²) in [6.45, 7) is 5.09. The second kappa shape index (κ2) is 11.2. The molecule has 1 fully saturated rings. The molecule has 0 bridgehead atoms. The smallest absolute Gasteiger partial charge is 0.295 e. The highest BCUT2D eigenvalue weighted by Gasteiger charge is 2.45. The lowest BCUT2D eigenvalue weighted by atomic mass is 9.95. The number of rotatable bonds is 10. The van der Waals surface area contributed by atoms with E-state index in [4.69, 9.17) is 21.1 Å². The molecule has 0 aromatic heterocycles. The monoisotopic (exact) mass is 471 g/mol. The molecule has 1 aliphatic rings. The van der Waals surface area contributed by atoms with Crippen LogP contribution in [0.4, 0.5) is 0 Å². The summed E-state index contributed by atoms with van der Waals surface area (Å²) in [6, 6.07) is 11.4. The molecular formula is C26H30ClNO5. The molecule has 1 saturated heterocycles. The van der Waals surface area contributed by atoms with Gasteiger partial charge in [-0.2, -0.15) is 0 Å². The Labute approximate surface area is 199 Å². The molecule has 1 heterocycles. The van der Waals surface area contributed by atoms with Crippen LogP contribution in [0, 0.1) is 0 Å². The number of aliphatic hydroxyl groups excluding tert-OH is 1. The second-order valence-corrected chi connectivity index (χ2v) is 8.37. The first-order chi connectivity index (χ1) is 15.9. The summed E-state index contributed by atoms with van der Waals surface area (Å²) in [5.74, 6) is -0.490. The Bertz CT molecular complexity index is 1030. The number of Topliss-reactive ketones (excluding diaryl/α,β-unsaturated/α-hetero) is 1. The van der Waals surface area contributed by atoms with Crippen molar-refractivity contribution in [2.24, 2.45) is 0 Å². The Morgan fingerprint density at radius 1 is 1.03 bits per heavy atom. The summed E-state index contributed by atoms with van der Waals surface area (Å²) >= 11 is 6.32. The molecule has 2 aromatic carbocycles. The predicted octanol–water partition coefficient (Wildman–Crippen LogP) is 5.75. The van der Waals surface area contributed by atoms with Crippen LogP contribution in [0.2, 0.25) is 5.02 Å². The van der Waals surface area contributed by atoms with Crippen molar-refractivity contribution in [1.82, 2.24) is 4.90 Å². The van der Waals surface area contributed by atoms with E-state index in [1.165, 1.54) is 12.0 Å². The van der Waals surface area contributed by atoms with Gasteiger partial charge in [0, 0.05) is 12.1 Å². The van der Waals surface area contributed by atoms with E-state index in [1.54, 1.807) is 18.2 Å². The molecule has 0 spiro atoms. The molecule has 0 saturated carbocycles. The van der Waals surface area contributed by atoms with E-state index < -0.39 is 17.7 Å².